The van der Waals surface area contributed by atoms with Crippen molar-refractivity contribution in [3.8, 4) is 0 Å². The summed E-state index contributed by atoms with van der Waals surface area (Å²) in [7, 11) is -3.59. The highest BCUT2D eigenvalue weighted by atomic mass is 32.2. The van der Waals surface area contributed by atoms with Crippen LogP contribution in [0.5, 0.6) is 0 Å². The fraction of sp³-hybridized carbons (Fsp3) is 0.286. The molecule has 6 nitrogen and oxygen atoms in total. The first-order valence-corrected chi connectivity index (χ1v) is 13.4. The summed E-state index contributed by atoms with van der Waals surface area (Å²) in [5.41, 5.74) is 0.810. The lowest BCUT2D eigenvalue weighted by Crippen LogP contribution is -2.46. The van der Waals surface area contributed by atoms with Crippen molar-refractivity contribution in [1.29, 1.82) is 5.41 Å². The Kier molecular flexibility index (Phi) is 6.30. The third kappa shape index (κ3) is 4.19. The number of benzene rings is 3. The molecule has 2 aliphatic heterocycles. The van der Waals surface area contributed by atoms with Crippen LogP contribution in [0.4, 0.5) is 0 Å². The number of carbonyl (C=O) groups is 1. The van der Waals surface area contributed by atoms with Gasteiger partial charge in [0, 0.05) is 26.1 Å². The van der Waals surface area contributed by atoms with Gasteiger partial charge in [0.15, 0.2) is 0 Å². The second-order valence-corrected chi connectivity index (χ2v) is 11.3. The Hall–Kier alpha value is -3.29. The molecule has 0 bridgehead atoms. The van der Waals surface area contributed by atoms with Crippen molar-refractivity contribution in [3.05, 3.63) is 102 Å². The van der Waals surface area contributed by atoms with Crippen LogP contribution in [0, 0.1) is 11.3 Å². The van der Waals surface area contributed by atoms with Crippen molar-refractivity contribution in [2.75, 3.05) is 19.6 Å². The lowest BCUT2D eigenvalue weighted by atomic mass is 9.73. The number of hydrogen-bond donors (Lipinski definition) is 1. The van der Waals surface area contributed by atoms with Crippen molar-refractivity contribution in [2.45, 2.75) is 29.6 Å². The molecule has 2 fully saturated rings. The molecule has 2 heterocycles. The van der Waals surface area contributed by atoms with Crippen molar-refractivity contribution in [2.24, 2.45) is 5.92 Å². The molecular weight excluding hydrogens is 458 g/mol. The van der Waals surface area contributed by atoms with Crippen LogP contribution in [0.1, 0.15) is 30.4 Å². The van der Waals surface area contributed by atoms with Gasteiger partial charge in [0.2, 0.25) is 15.9 Å². The monoisotopic (exact) mass is 487 g/mol. The SMILES string of the molecule is N=C1CC(c2ccccc2)(c2ccccc2)C(=O)N1C[C@H]1CCCN(S(=O)(=O)c2ccccc2)C1. The van der Waals surface area contributed by atoms with Gasteiger partial charge in [-0.2, -0.15) is 4.31 Å². The van der Waals surface area contributed by atoms with Crippen molar-refractivity contribution < 1.29 is 13.2 Å². The highest BCUT2D eigenvalue weighted by Gasteiger charge is 2.52. The molecule has 35 heavy (non-hydrogen) atoms. The normalized spacial score (nSPS) is 20.8. The molecule has 3 aromatic carbocycles. The Morgan fingerprint density at radius 1 is 0.857 bits per heavy atom. The number of likely N-dealkylation sites (tertiary alicyclic amines) is 1. The molecule has 0 radical (unpaired) electrons. The summed E-state index contributed by atoms with van der Waals surface area (Å²) in [6.45, 7) is 1.16. The molecule has 0 unspecified atom stereocenters. The van der Waals surface area contributed by atoms with Crippen molar-refractivity contribution in [3.63, 3.8) is 0 Å². The molecule has 7 heteroatoms. The molecule has 2 aliphatic rings. The third-order valence-corrected chi connectivity index (χ3v) is 9.08. The van der Waals surface area contributed by atoms with E-state index in [2.05, 4.69) is 0 Å². The van der Waals surface area contributed by atoms with E-state index < -0.39 is 15.4 Å². The van der Waals surface area contributed by atoms with Gasteiger partial charge in [0.25, 0.3) is 0 Å². The molecule has 1 N–H and O–H groups in total. The van der Waals surface area contributed by atoms with E-state index in [-0.39, 0.29) is 22.6 Å². The molecule has 1 amide bonds. The number of nitrogens with zero attached hydrogens (tertiary/aromatic N) is 2. The molecule has 180 valence electrons. The average Bonchev–Trinajstić information content (AvgIpc) is 3.16. The van der Waals surface area contributed by atoms with E-state index in [4.69, 9.17) is 5.41 Å². The van der Waals surface area contributed by atoms with E-state index >= 15 is 0 Å². The topological polar surface area (TPSA) is 81.5 Å². The predicted octanol–water partition coefficient (Wildman–Crippen LogP) is 4.28. The third-order valence-electron chi connectivity index (χ3n) is 7.21. The Labute approximate surface area is 206 Å². The summed E-state index contributed by atoms with van der Waals surface area (Å²) in [6, 6.07) is 27.9. The molecule has 2 saturated heterocycles. The molecule has 5 rings (SSSR count). The standard InChI is InChI=1S/C28H29N3O3S/c29-26-19-28(23-12-4-1-5-13-23,24-14-6-2-7-15-24)27(32)31(26)21-22-11-10-18-30(20-22)35(33,34)25-16-8-3-9-17-25/h1-9,12-17,22,29H,10-11,18-21H2/t22-/m0/s1. The molecule has 0 aliphatic carbocycles. The van der Waals surface area contributed by atoms with E-state index in [1.165, 1.54) is 4.31 Å². The number of hydrogen-bond acceptors (Lipinski definition) is 4. The second-order valence-electron chi connectivity index (χ2n) is 9.36. The summed E-state index contributed by atoms with van der Waals surface area (Å²) < 4.78 is 27.9. The van der Waals surface area contributed by atoms with Gasteiger partial charge >= 0.3 is 0 Å². The maximum Gasteiger partial charge on any atom is 0.243 e. The Morgan fingerprint density at radius 2 is 1.40 bits per heavy atom. The first-order chi connectivity index (χ1) is 16.9. The van der Waals surface area contributed by atoms with Gasteiger partial charge in [0.05, 0.1) is 4.90 Å². The average molecular weight is 488 g/mol. The van der Waals surface area contributed by atoms with Gasteiger partial charge in [-0.05, 0) is 42.0 Å². The molecule has 0 aromatic heterocycles. The van der Waals surface area contributed by atoms with Crippen LogP contribution in [0.15, 0.2) is 95.9 Å². The second kappa shape index (κ2) is 9.40. The first kappa shape index (κ1) is 23.5. The van der Waals surface area contributed by atoms with Gasteiger partial charge < -0.3 is 0 Å². The van der Waals surface area contributed by atoms with Crippen molar-refractivity contribution in [1.82, 2.24) is 9.21 Å². The molecule has 0 spiro atoms. The number of nitrogens with one attached hydrogen (secondary N) is 1. The minimum absolute atomic E-state index is 0.0334. The van der Waals surface area contributed by atoms with Crippen LogP contribution in [-0.4, -0.2) is 49.0 Å². The number of carbonyl (C=O) groups excluding carboxylic acids is 1. The number of sulfonamides is 1. The molecule has 1 atom stereocenters. The van der Waals surface area contributed by atoms with Gasteiger partial charge in [-0.3, -0.25) is 15.1 Å². The van der Waals surface area contributed by atoms with Crippen LogP contribution in [0.3, 0.4) is 0 Å². The fourth-order valence-electron chi connectivity index (χ4n) is 5.43. The summed E-state index contributed by atoms with van der Waals surface area (Å²) in [6.07, 6.45) is 1.84. The Bertz CT molecular complexity index is 1270. The van der Waals surface area contributed by atoms with Gasteiger partial charge in [0.1, 0.15) is 11.3 Å². The summed E-state index contributed by atoms with van der Waals surface area (Å²) in [5, 5.41) is 8.79. The summed E-state index contributed by atoms with van der Waals surface area (Å²) in [5.74, 6) is 0.141. The number of piperidine rings is 1. The summed E-state index contributed by atoms with van der Waals surface area (Å²) >= 11 is 0. The van der Waals surface area contributed by atoms with E-state index in [9.17, 15) is 13.2 Å². The zero-order valence-corrected chi connectivity index (χ0v) is 20.3. The van der Waals surface area contributed by atoms with E-state index in [0.29, 0.717) is 26.1 Å². The van der Waals surface area contributed by atoms with Crippen molar-refractivity contribution >= 4 is 21.8 Å². The van der Waals surface area contributed by atoms with E-state index in [1.54, 1.807) is 35.2 Å². The van der Waals surface area contributed by atoms with Gasteiger partial charge in [-0.25, -0.2) is 8.42 Å². The zero-order valence-electron chi connectivity index (χ0n) is 19.5. The number of amidine groups is 1. The van der Waals surface area contributed by atoms with Crippen LogP contribution in [0.25, 0.3) is 0 Å². The molecule has 0 saturated carbocycles. The van der Waals surface area contributed by atoms with Gasteiger partial charge in [-0.1, -0.05) is 78.9 Å². The zero-order chi connectivity index (χ0) is 24.5. The number of amides is 1. The van der Waals surface area contributed by atoms with Crippen LogP contribution in [0.2, 0.25) is 0 Å². The summed E-state index contributed by atoms with van der Waals surface area (Å²) in [4.78, 5) is 15.9. The maximum atomic E-state index is 14.1. The lowest BCUT2D eigenvalue weighted by Gasteiger charge is -2.34. The largest absolute Gasteiger partial charge is 0.299 e. The van der Waals surface area contributed by atoms with E-state index in [1.807, 2.05) is 60.7 Å². The minimum Gasteiger partial charge on any atom is -0.299 e. The lowest BCUT2D eigenvalue weighted by molar-refractivity contribution is -0.130. The smallest absolute Gasteiger partial charge is 0.243 e. The minimum atomic E-state index is -3.59. The van der Waals surface area contributed by atoms with E-state index in [0.717, 1.165) is 24.0 Å². The fourth-order valence-corrected chi connectivity index (χ4v) is 7.00. The Balaban J connectivity index is 1.41. The molecule has 3 aromatic rings. The number of rotatable bonds is 6. The highest BCUT2D eigenvalue weighted by Crippen LogP contribution is 2.43. The van der Waals surface area contributed by atoms with Crippen LogP contribution in [-0.2, 0) is 20.2 Å². The highest BCUT2D eigenvalue weighted by molar-refractivity contribution is 7.89. The quantitative estimate of drug-likeness (QED) is 0.563. The van der Waals surface area contributed by atoms with Crippen LogP contribution >= 0.6 is 0 Å². The first-order valence-electron chi connectivity index (χ1n) is 12.0. The Morgan fingerprint density at radius 3 is 1.97 bits per heavy atom. The maximum absolute atomic E-state index is 14.1. The molecular formula is C28H29N3O3S. The predicted molar refractivity (Wildman–Crippen MR) is 136 cm³/mol. The van der Waals surface area contributed by atoms with Crippen LogP contribution < -0.4 is 0 Å². The van der Waals surface area contributed by atoms with Gasteiger partial charge in [-0.15, -0.1) is 0 Å².